The van der Waals surface area contributed by atoms with Crippen LogP contribution in [0.3, 0.4) is 0 Å². The second kappa shape index (κ2) is 7.99. The van der Waals surface area contributed by atoms with Gasteiger partial charge in [-0.1, -0.05) is 64.5 Å². The maximum absolute atomic E-state index is 12.7. The van der Waals surface area contributed by atoms with E-state index in [1.54, 1.807) is 31.4 Å². The van der Waals surface area contributed by atoms with Crippen LogP contribution in [0.25, 0.3) is 0 Å². The monoisotopic (exact) mass is 395 g/mol. The molecule has 0 radical (unpaired) electrons. The maximum atomic E-state index is 12.7. The number of methoxy groups -OCH3 is 1. The van der Waals surface area contributed by atoms with Crippen LogP contribution in [0.15, 0.2) is 83.3 Å². The Morgan fingerprint density at radius 3 is 2.20 bits per heavy atom. The molecule has 3 nitrogen and oxygen atoms in total. The molecule has 0 saturated carbocycles. The lowest BCUT2D eigenvalue weighted by Gasteiger charge is -2.21. The van der Waals surface area contributed by atoms with Crippen molar-refractivity contribution in [2.24, 2.45) is 0 Å². The molecule has 0 aliphatic carbocycles. The van der Waals surface area contributed by atoms with Crippen molar-refractivity contribution >= 4 is 21.8 Å². The fraction of sp³-hybridized carbons (Fsp3) is 0.0952. The summed E-state index contributed by atoms with van der Waals surface area (Å²) in [5.41, 5.74) is 2.63. The number of hydrogen-bond donors (Lipinski definition) is 1. The Balaban J connectivity index is 1.92. The second-order valence-electron chi connectivity index (χ2n) is 5.57. The Morgan fingerprint density at radius 1 is 0.920 bits per heavy atom. The number of nitrogens with one attached hydrogen (secondary N) is 1. The zero-order chi connectivity index (χ0) is 17.6. The fourth-order valence-corrected chi connectivity index (χ4v) is 3.17. The van der Waals surface area contributed by atoms with Crippen molar-refractivity contribution < 1.29 is 9.53 Å². The Labute approximate surface area is 155 Å². The standard InChI is InChI=1S/C21H18BrNO2/c1-25-17-13-11-16(12-14-17)21(24)23-20(15-7-3-2-4-8-15)18-9-5-6-10-19(18)22/h2-14,20H,1H3,(H,23,24)/t20-/m1/s1. The number of benzene rings is 3. The molecule has 1 amide bonds. The van der Waals surface area contributed by atoms with Crippen molar-refractivity contribution in [2.75, 3.05) is 7.11 Å². The first-order chi connectivity index (χ1) is 12.2. The summed E-state index contributed by atoms with van der Waals surface area (Å²) in [5, 5.41) is 3.13. The zero-order valence-corrected chi connectivity index (χ0v) is 15.4. The van der Waals surface area contributed by atoms with Crippen LogP contribution in [0, 0.1) is 0 Å². The van der Waals surface area contributed by atoms with Crippen LogP contribution in [0.2, 0.25) is 0 Å². The lowest BCUT2D eigenvalue weighted by molar-refractivity contribution is 0.0943. The zero-order valence-electron chi connectivity index (χ0n) is 13.8. The van der Waals surface area contributed by atoms with Crippen LogP contribution in [0.5, 0.6) is 5.75 Å². The van der Waals surface area contributed by atoms with Gasteiger partial charge in [0.1, 0.15) is 5.75 Å². The van der Waals surface area contributed by atoms with Gasteiger partial charge in [-0.2, -0.15) is 0 Å². The number of rotatable bonds is 5. The number of carbonyl (C=O) groups is 1. The summed E-state index contributed by atoms with van der Waals surface area (Å²) >= 11 is 3.59. The van der Waals surface area contributed by atoms with Gasteiger partial charge in [0.05, 0.1) is 13.2 Å². The molecule has 126 valence electrons. The van der Waals surface area contributed by atoms with E-state index in [0.29, 0.717) is 5.56 Å². The third-order valence-electron chi connectivity index (χ3n) is 3.98. The minimum atomic E-state index is -0.244. The number of halogens is 1. The Hall–Kier alpha value is -2.59. The number of ether oxygens (including phenoxy) is 1. The molecule has 0 fully saturated rings. The molecular weight excluding hydrogens is 378 g/mol. The molecule has 0 saturated heterocycles. The van der Waals surface area contributed by atoms with Gasteiger partial charge in [0, 0.05) is 10.0 Å². The van der Waals surface area contributed by atoms with E-state index in [1.807, 2.05) is 54.6 Å². The molecule has 25 heavy (non-hydrogen) atoms. The number of amides is 1. The third-order valence-corrected chi connectivity index (χ3v) is 4.70. The predicted molar refractivity (Wildman–Crippen MR) is 103 cm³/mol. The van der Waals surface area contributed by atoms with Gasteiger partial charge >= 0.3 is 0 Å². The minimum absolute atomic E-state index is 0.132. The summed E-state index contributed by atoms with van der Waals surface area (Å²) in [7, 11) is 1.60. The van der Waals surface area contributed by atoms with E-state index >= 15 is 0 Å². The van der Waals surface area contributed by atoms with Crippen LogP contribution in [-0.2, 0) is 0 Å². The SMILES string of the molecule is COc1ccc(C(=O)N[C@H](c2ccccc2)c2ccccc2Br)cc1. The second-order valence-corrected chi connectivity index (χ2v) is 6.42. The van der Waals surface area contributed by atoms with Crippen molar-refractivity contribution in [3.63, 3.8) is 0 Å². The first-order valence-corrected chi connectivity index (χ1v) is 8.72. The highest BCUT2D eigenvalue weighted by atomic mass is 79.9. The van der Waals surface area contributed by atoms with Gasteiger partial charge in [-0.05, 0) is 41.5 Å². The molecule has 0 aliphatic heterocycles. The van der Waals surface area contributed by atoms with Crippen LogP contribution in [0.1, 0.15) is 27.5 Å². The quantitative estimate of drug-likeness (QED) is 0.661. The first-order valence-electron chi connectivity index (χ1n) is 7.93. The van der Waals surface area contributed by atoms with Gasteiger partial charge in [0.25, 0.3) is 5.91 Å². The Bertz CT molecular complexity index is 847. The Kier molecular flexibility index (Phi) is 5.51. The van der Waals surface area contributed by atoms with Crippen molar-refractivity contribution in [2.45, 2.75) is 6.04 Å². The van der Waals surface area contributed by atoms with E-state index in [2.05, 4.69) is 21.2 Å². The molecule has 3 rings (SSSR count). The van der Waals surface area contributed by atoms with Crippen LogP contribution >= 0.6 is 15.9 Å². The van der Waals surface area contributed by atoms with Gasteiger partial charge in [0.2, 0.25) is 0 Å². The highest BCUT2D eigenvalue weighted by Gasteiger charge is 2.19. The van der Waals surface area contributed by atoms with Crippen molar-refractivity contribution in [1.29, 1.82) is 0 Å². The summed E-state index contributed by atoms with van der Waals surface area (Å²) in [6, 6.07) is 24.7. The van der Waals surface area contributed by atoms with Gasteiger partial charge in [-0.25, -0.2) is 0 Å². The van der Waals surface area contributed by atoms with Gasteiger partial charge < -0.3 is 10.1 Å². The summed E-state index contributed by atoms with van der Waals surface area (Å²) in [4.78, 5) is 12.7. The molecule has 0 aromatic heterocycles. The third kappa shape index (κ3) is 4.09. The highest BCUT2D eigenvalue weighted by Crippen LogP contribution is 2.29. The normalized spacial score (nSPS) is 11.6. The van der Waals surface area contributed by atoms with Gasteiger partial charge in [0.15, 0.2) is 0 Å². The van der Waals surface area contributed by atoms with Crippen LogP contribution in [0.4, 0.5) is 0 Å². The molecule has 0 bridgehead atoms. The molecule has 1 N–H and O–H groups in total. The lowest BCUT2D eigenvalue weighted by Crippen LogP contribution is -2.29. The topological polar surface area (TPSA) is 38.3 Å². The molecule has 0 aliphatic rings. The minimum Gasteiger partial charge on any atom is -0.497 e. The van der Waals surface area contributed by atoms with Crippen LogP contribution in [-0.4, -0.2) is 13.0 Å². The molecular formula is C21H18BrNO2. The smallest absolute Gasteiger partial charge is 0.252 e. The van der Waals surface area contributed by atoms with Crippen LogP contribution < -0.4 is 10.1 Å². The van der Waals surface area contributed by atoms with Crippen molar-refractivity contribution in [3.05, 3.63) is 100 Å². The summed E-state index contributed by atoms with van der Waals surface area (Å²) < 4.78 is 6.10. The highest BCUT2D eigenvalue weighted by molar-refractivity contribution is 9.10. The van der Waals surface area contributed by atoms with E-state index in [9.17, 15) is 4.79 Å². The summed E-state index contributed by atoms with van der Waals surface area (Å²) in [6.07, 6.45) is 0. The molecule has 3 aromatic carbocycles. The van der Waals surface area contributed by atoms with E-state index < -0.39 is 0 Å². The van der Waals surface area contributed by atoms with E-state index in [0.717, 1.165) is 21.3 Å². The Morgan fingerprint density at radius 2 is 1.56 bits per heavy atom. The molecule has 3 aromatic rings. The van der Waals surface area contributed by atoms with Gasteiger partial charge in [-0.15, -0.1) is 0 Å². The average Bonchev–Trinajstić information content (AvgIpc) is 2.67. The van der Waals surface area contributed by atoms with E-state index in [-0.39, 0.29) is 11.9 Å². The molecule has 0 spiro atoms. The predicted octanol–water partition coefficient (Wildman–Crippen LogP) is 4.98. The van der Waals surface area contributed by atoms with Gasteiger partial charge in [-0.3, -0.25) is 4.79 Å². The first kappa shape index (κ1) is 17.2. The lowest BCUT2D eigenvalue weighted by atomic mass is 9.98. The maximum Gasteiger partial charge on any atom is 0.252 e. The van der Waals surface area contributed by atoms with Crippen molar-refractivity contribution in [3.8, 4) is 5.75 Å². The van der Waals surface area contributed by atoms with E-state index in [1.165, 1.54) is 0 Å². The summed E-state index contributed by atoms with van der Waals surface area (Å²) in [5.74, 6) is 0.592. The fourth-order valence-electron chi connectivity index (χ4n) is 2.65. The summed E-state index contributed by atoms with van der Waals surface area (Å²) in [6.45, 7) is 0. The molecule has 1 atom stereocenters. The average molecular weight is 396 g/mol. The molecule has 0 unspecified atom stereocenters. The molecule has 4 heteroatoms. The largest absolute Gasteiger partial charge is 0.497 e. The number of hydrogen-bond acceptors (Lipinski definition) is 2. The van der Waals surface area contributed by atoms with Crippen molar-refractivity contribution in [1.82, 2.24) is 5.32 Å². The number of carbonyl (C=O) groups excluding carboxylic acids is 1. The van der Waals surface area contributed by atoms with E-state index in [4.69, 9.17) is 4.74 Å². The molecule has 0 heterocycles.